The lowest BCUT2D eigenvalue weighted by atomic mass is 10.4. The molecule has 0 radical (unpaired) electrons. The predicted octanol–water partition coefficient (Wildman–Crippen LogP) is 2.49. The van der Waals surface area contributed by atoms with Crippen molar-refractivity contribution in [1.29, 1.82) is 0 Å². The molecule has 0 aliphatic carbocycles. The highest BCUT2D eigenvalue weighted by atomic mass is 127. The number of aromatic nitrogens is 3. The Hall–Kier alpha value is -0.380. The van der Waals surface area contributed by atoms with E-state index in [1.165, 1.54) is 0 Å². The Labute approximate surface area is 114 Å². The summed E-state index contributed by atoms with van der Waals surface area (Å²) in [6.07, 6.45) is 3.51. The maximum atomic E-state index is 5.07. The van der Waals surface area contributed by atoms with Crippen LogP contribution in [0.2, 0.25) is 0 Å². The lowest BCUT2D eigenvalue weighted by Crippen LogP contribution is -1.97. The van der Waals surface area contributed by atoms with Crippen molar-refractivity contribution in [2.75, 3.05) is 7.11 Å². The Morgan fingerprint density at radius 1 is 1.33 bits per heavy atom. The van der Waals surface area contributed by atoms with Gasteiger partial charge >= 0.3 is 0 Å². The third-order valence-corrected chi connectivity index (χ3v) is 4.73. The van der Waals surface area contributed by atoms with Gasteiger partial charge in [-0.05, 0) is 51.2 Å². The Kier molecular flexibility index (Phi) is 3.44. The minimum absolute atomic E-state index is 0.604. The maximum absolute atomic E-state index is 5.07. The fourth-order valence-electron chi connectivity index (χ4n) is 1.15. The minimum atomic E-state index is 0.604. The van der Waals surface area contributed by atoms with E-state index < -0.39 is 0 Å². The lowest BCUT2D eigenvalue weighted by molar-refractivity contribution is 0.397. The largest absolute Gasteiger partial charge is 0.481 e. The van der Waals surface area contributed by atoms with Crippen molar-refractivity contribution < 1.29 is 4.74 Å². The van der Waals surface area contributed by atoms with E-state index in [1.54, 1.807) is 19.6 Å². The summed E-state index contributed by atoms with van der Waals surface area (Å²) in [6, 6.07) is 3.79. The van der Waals surface area contributed by atoms with Gasteiger partial charge in [0.2, 0.25) is 5.88 Å². The van der Waals surface area contributed by atoms with E-state index in [4.69, 9.17) is 4.74 Å². The second kappa shape index (κ2) is 4.64. The molecule has 0 amide bonds. The van der Waals surface area contributed by atoms with Gasteiger partial charge in [0.1, 0.15) is 13.7 Å². The molecule has 0 saturated heterocycles. The number of hydrogen-bond donors (Lipinski definition) is 0. The first-order chi connectivity index (χ1) is 7.22. The van der Waals surface area contributed by atoms with Gasteiger partial charge in [-0.3, -0.25) is 4.57 Å². The van der Waals surface area contributed by atoms with Gasteiger partial charge in [0.05, 0.1) is 12.8 Å². The zero-order valence-corrected chi connectivity index (χ0v) is 12.1. The number of halogens is 2. The van der Waals surface area contributed by atoms with Crippen molar-refractivity contribution in [1.82, 2.24) is 14.5 Å². The Bertz CT molecular complexity index is 484. The van der Waals surface area contributed by atoms with Crippen molar-refractivity contribution in [2.45, 2.75) is 0 Å². The van der Waals surface area contributed by atoms with E-state index in [1.807, 2.05) is 16.7 Å². The molecule has 4 nitrogen and oxygen atoms in total. The number of pyridine rings is 1. The van der Waals surface area contributed by atoms with E-state index in [9.17, 15) is 0 Å². The summed E-state index contributed by atoms with van der Waals surface area (Å²) in [7, 11) is 1.61. The maximum Gasteiger partial charge on any atom is 0.215 e. The minimum Gasteiger partial charge on any atom is -0.481 e. The topological polar surface area (TPSA) is 39.9 Å². The highest BCUT2D eigenvalue weighted by molar-refractivity contribution is 14.1. The number of nitrogens with zero attached hydrogens (tertiary/aromatic N) is 3. The molecule has 0 bridgehead atoms. The van der Waals surface area contributed by atoms with Crippen LogP contribution in [0, 0.1) is 7.40 Å². The van der Waals surface area contributed by atoms with Gasteiger partial charge in [-0.25, -0.2) is 9.97 Å². The molecule has 6 heteroatoms. The first kappa shape index (κ1) is 11.1. The van der Waals surface area contributed by atoms with Gasteiger partial charge in [-0.15, -0.1) is 0 Å². The first-order valence-corrected chi connectivity index (χ1v) is 6.27. The molecule has 2 heterocycles. The van der Waals surface area contributed by atoms with Crippen LogP contribution in [0.1, 0.15) is 0 Å². The van der Waals surface area contributed by atoms with Crippen LogP contribution in [0.3, 0.4) is 0 Å². The molecule has 78 valence electrons. The number of imidazole rings is 1. The normalized spacial score (nSPS) is 10.3. The average Bonchev–Trinajstić information content (AvgIpc) is 2.60. The molecule has 0 unspecified atom stereocenters. The summed E-state index contributed by atoms with van der Waals surface area (Å²) in [5.41, 5.74) is 1.00. The SMILES string of the molecule is COc1cc(-n2cnc(I)c2I)ccn1. The third-order valence-electron chi connectivity index (χ3n) is 1.87. The van der Waals surface area contributed by atoms with Gasteiger partial charge in [-0.1, -0.05) is 0 Å². The summed E-state index contributed by atoms with van der Waals surface area (Å²) in [6.45, 7) is 0. The first-order valence-electron chi connectivity index (χ1n) is 4.11. The summed E-state index contributed by atoms with van der Waals surface area (Å²) in [5.74, 6) is 0.604. The molecule has 2 rings (SSSR count). The monoisotopic (exact) mass is 427 g/mol. The molecular weight excluding hydrogens is 420 g/mol. The molecule has 0 saturated carbocycles. The smallest absolute Gasteiger partial charge is 0.215 e. The molecule has 2 aromatic heterocycles. The summed E-state index contributed by atoms with van der Waals surface area (Å²) >= 11 is 4.46. The van der Waals surface area contributed by atoms with Gasteiger partial charge in [0.15, 0.2) is 0 Å². The highest BCUT2D eigenvalue weighted by Gasteiger charge is 2.07. The standard InChI is InChI=1S/C9H7I2N3O/c1-15-7-4-6(2-3-12-7)14-5-13-8(10)9(14)11/h2-5H,1H3. The van der Waals surface area contributed by atoms with Gasteiger partial charge in [-0.2, -0.15) is 0 Å². The fourth-order valence-corrected chi connectivity index (χ4v) is 2.08. The number of methoxy groups -OCH3 is 1. The van der Waals surface area contributed by atoms with Gasteiger partial charge in [0, 0.05) is 12.3 Å². The Balaban J connectivity index is 2.49. The molecular formula is C9H7I2N3O. The quantitative estimate of drug-likeness (QED) is 0.693. The van der Waals surface area contributed by atoms with Gasteiger partial charge in [0.25, 0.3) is 0 Å². The van der Waals surface area contributed by atoms with Crippen LogP contribution in [0.4, 0.5) is 0 Å². The molecule has 0 atom stereocenters. The van der Waals surface area contributed by atoms with E-state index >= 15 is 0 Å². The van der Waals surface area contributed by atoms with Crippen LogP contribution >= 0.6 is 45.2 Å². The highest BCUT2D eigenvalue weighted by Crippen LogP contribution is 2.20. The molecule has 2 aromatic rings. The van der Waals surface area contributed by atoms with Crippen LogP contribution in [0.25, 0.3) is 5.69 Å². The molecule has 15 heavy (non-hydrogen) atoms. The van der Waals surface area contributed by atoms with Crippen molar-refractivity contribution in [2.24, 2.45) is 0 Å². The molecule has 0 N–H and O–H groups in total. The van der Waals surface area contributed by atoms with E-state index in [0.717, 1.165) is 13.1 Å². The van der Waals surface area contributed by atoms with E-state index in [2.05, 4.69) is 55.1 Å². The lowest BCUT2D eigenvalue weighted by Gasteiger charge is -2.05. The Morgan fingerprint density at radius 2 is 2.13 bits per heavy atom. The summed E-state index contributed by atoms with van der Waals surface area (Å²) in [5, 5.41) is 0. The van der Waals surface area contributed by atoms with Crippen LogP contribution < -0.4 is 4.74 Å². The van der Waals surface area contributed by atoms with Crippen molar-refractivity contribution in [3.05, 3.63) is 32.1 Å². The third kappa shape index (κ3) is 2.25. The van der Waals surface area contributed by atoms with Crippen LogP contribution in [0.5, 0.6) is 5.88 Å². The Morgan fingerprint density at radius 3 is 2.73 bits per heavy atom. The van der Waals surface area contributed by atoms with Crippen molar-refractivity contribution in [3.63, 3.8) is 0 Å². The second-order valence-electron chi connectivity index (χ2n) is 2.75. The number of rotatable bonds is 2. The molecule has 0 aliphatic rings. The van der Waals surface area contributed by atoms with Crippen molar-refractivity contribution in [3.8, 4) is 11.6 Å². The second-order valence-corrected chi connectivity index (χ2v) is 4.80. The fraction of sp³-hybridized carbons (Fsp3) is 0.111. The average molecular weight is 427 g/mol. The molecule has 0 spiro atoms. The summed E-state index contributed by atoms with van der Waals surface area (Å²) < 4.78 is 9.14. The number of ether oxygens (including phenoxy) is 1. The summed E-state index contributed by atoms with van der Waals surface area (Å²) in [4.78, 5) is 8.29. The van der Waals surface area contributed by atoms with Gasteiger partial charge < -0.3 is 4.74 Å². The predicted molar refractivity (Wildman–Crippen MR) is 73.3 cm³/mol. The van der Waals surface area contributed by atoms with E-state index in [-0.39, 0.29) is 0 Å². The zero-order chi connectivity index (χ0) is 10.8. The van der Waals surface area contributed by atoms with E-state index in [0.29, 0.717) is 5.88 Å². The number of hydrogen-bond acceptors (Lipinski definition) is 3. The molecule has 0 aromatic carbocycles. The zero-order valence-electron chi connectivity index (χ0n) is 7.82. The molecule has 0 fully saturated rings. The van der Waals surface area contributed by atoms with Crippen LogP contribution in [0.15, 0.2) is 24.7 Å². The van der Waals surface area contributed by atoms with Crippen LogP contribution in [-0.4, -0.2) is 21.6 Å². The van der Waals surface area contributed by atoms with Crippen LogP contribution in [-0.2, 0) is 0 Å². The molecule has 0 aliphatic heterocycles. The van der Waals surface area contributed by atoms with Crippen molar-refractivity contribution >= 4 is 45.2 Å².